The monoisotopic (exact) mass is 464 g/mol. The number of likely N-dealkylation sites (N-methyl/N-ethyl adjacent to an activating group) is 1. The number of hydrogen-bond donors (Lipinski definition) is 0. The maximum Gasteiger partial charge on any atom is 0.239 e. The molecule has 1 atom stereocenters. The van der Waals surface area contributed by atoms with Gasteiger partial charge in [-0.1, -0.05) is 24.6 Å². The quantitative estimate of drug-likeness (QED) is 0.561. The van der Waals surface area contributed by atoms with Gasteiger partial charge < -0.3 is 14.2 Å². The summed E-state index contributed by atoms with van der Waals surface area (Å²) in [4.78, 5) is 22.3. The van der Waals surface area contributed by atoms with Crippen molar-refractivity contribution in [1.82, 2.24) is 19.4 Å². The number of para-hydroxylation sites is 1. The second-order valence-corrected chi connectivity index (χ2v) is 9.57. The highest BCUT2D eigenvalue weighted by Crippen LogP contribution is 2.32. The largest absolute Gasteiger partial charge is 0.496 e. The number of ether oxygens (including phenoxy) is 1. The Balaban J connectivity index is 1.40. The number of carbonyl (C=O) groups excluding carboxylic acids is 1. The van der Waals surface area contributed by atoms with Gasteiger partial charge in [0.25, 0.3) is 0 Å². The summed E-state index contributed by atoms with van der Waals surface area (Å²) >= 11 is 0. The number of carbonyl (C=O) groups is 1. The highest BCUT2D eigenvalue weighted by atomic mass is 19.1. The lowest BCUT2D eigenvalue weighted by molar-refractivity contribution is -0.139. The molecule has 1 amide bonds. The van der Waals surface area contributed by atoms with E-state index < -0.39 is 0 Å². The molecule has 2 aliphatic rings. The Hall–Kier alpha value is -2.93. The zero-order valence-corrected chi connectivity index (χ0v) is 20.0. The Morgan fingerprint density at radius 1 is 1.09 bits per heavy atom. The van der Waals surface area contributed by atoms with Crippen LogP contribution in [-0.4, -0.2) is 65.1 Å². The van der Waals surface area contributed by atoms with Gasteiger partial charge in [-0.25, -0.2) is 9.37 Å². The predicted molar refractivity (Wildman–Crippen MR) is 131 cm³/mol. The number of likely N-dealkylation sites (tertiary alicyclic amines) is 2. The van der Waals surface area contributed by atoms with E-state index >= 15 is 0 Å². The minimum Gasteiger partial charge on any atom is -0.496 e. The summed E-state index contributed by atoms with van der Waals surface area (Å²) in [6.45, 7) is 2.47. The number of piperidine rings is 2. The average molecular weight is 465 g/mol. The molecular weight excluding hydrogens is 431 g/mol. The summed E-state index contributed by atoms with van der Waals surface area (Å²) in [6, 6.07) is 13.0. The maximum absolute atomic E-state index is 14.0. The van der Waals surface area contributed by atoms with Crippen LogP contribution in [0.15, 0.2) is 42.5 Å². The Morgan fingerprint density at radius 2 is 1.88 bits per heavy atom. The maximum atomic E-state index is 14.0. The van der Waals surface area contributed by atoms with E-state index in [4.69, 9.17) is 9.72 Å². The van der Waals surface area contributed by atoms with Crippen molar-refractivity contribution in [1.29, 1.82) is 0 Å². The van der Waals surface area contributed by atoms with Crippen molar-refractivity contribution < 1.29 is 13.9 Å². The van der Waals surface area contributed by atoms with Gasteiger partial charge in [-0.3, -0.25) is 9.69 Å². The molecule has 0 spiro atoms. The van der Waals surface area contributed by atoms with Crippen LogP contribution in [0.3, 0.4) is 0 Å². The second kappa shape index (κ2) is 9.74. The fraction of sp³-hybridized carbons (Fsp3) is 0.481. The second-order valence-electron chi connectivity index (χ2n) is 9.57. The molecule has 34 heavy (non-hydrogen) atoms. The molecule has 0 saturated carbocycles. The molecule has 1 unspecified atom stereocenters. The third kappa shape index (κ3) is 4.41. The zero-order chi connectivity index (χ0) is 23.7. The van der Waals surface area contributed by atoms with Gasteiger partial charge in [0.1, 0.15) is 17.4 Å². The lowest BCUT2D eigenvalue weighted by atomic mass is 9.98. The van der Waals surface area contributed by atoms with Crippen molar-refractivity contribution in [3.8, 4) is 5.75 Å². The van der Waals surface area contributed by atoms with Crippen molar-refractivity contribution in [2.75, 3.05) is 33.8 Å². The highest BCUT2D eigenvalue weighted by Gasteiger charge is 2.33. The van der Waals surface area contributed by atoms with Crippen LogP contribution in [0, 0.1) is 5.82 Å². The first kappa shape index (κ1) is 22.8. The molecule has 3 heterocycles. The topological polar surface area (TPSA) is 50.6 Å². The van der Waals surface area contributed by atoms with Crippen LogP contribution < -0.4 is 4.74 Å². The first-order chi connectivity index (χ1) is 16.5. The molecule has 2 aliphatic heterocycles. The van der Waals surface area contributed by atoms with Crippen LogP contribution in [0.5, 0.6) is 5.75 Å². The van der Waals surface area contributed by atoms with E-state index in [9.17, 15) is 9.18 Å². The molecule has 2 fully saturated rings. The fourth-order valence-corrected chi connectivity index (χ4v) is 5.62. The van der Waals surface area contributed by atoms with Gasteiger partial charge in [-0.2, -0.15) is 0 Å². The number of hydrogen-bond acceptors (Lipinski definition) is 4. The van der Waals surface area contributed by atoms with E-state index in [1.165, 1.54) is 18.6 Å². The first-order valence-corrected chi connectivity index (χ1v) is 12.3. The van der Waals surface area contributed by atoms with Gasteiger partial charge in [0.05, 0.1) is 24.2 Å². The summed E-state index contributed by atoms with van der Waals surface area (Å²) < 4.78 is 21.8. The number of benzene rings is 2. The molecule has 180 valence electrons. The zero-order valence-electron chi connectivity index (χ0n) is 20.0. The number of fused-ring (bicyclic) bond motifs is 1. The molecule has 1 aromatic heterocycles. The van der Waals surface area contributed by atoms with Crippen molar-refractivity contribution in [2.24, 2.45) is 0 Å². The van der Waals surface area contributed by atoms with Crippen LogP contribution in [0.1, 0.15) is 49.5 Å². The van der Waals surface area contributed by atoms with E-state index in [1.807, 2.05) is 35.2 Å². The minimum atomic E-state index is -0.280. The number of nitrogens with zero attached hydrogens (tertiary/aromatic N) is 4. The molecule has 0 N–H and O–H groups in total. The Kier molecular flexibility index (Phi) is 6.55. The molecule has 2 saturated heterocycles. The van der Waals surface area contributed by atoms with Gasteiger partial charge >= 0.3 is 0 Å². The molecule has 7 heteroatoms. The number of amides is 1. The van der Waals surface area contributed by atoms with Crippen LogP contribution >= 0.6 is 0 Å². The predicted octanol–water partition coefficient (Wildman–Crippen LogP) is 4.42. The highest BCUT2D eigenvalue weighted by molar-refractivity contribution is 5.82. The van der Waals surface area contributed by atoms with Gasteiger partial charge in [0.15, 0.2) is 0 Å². The summed E-state index contributed by atoms with van der Waals surface area (Å²) in [7, 11) is 3.74. The number of imidazole rings is 1. The Labute approximate surface area is 200 Å². The van der Waals surface area contributed by atoms with Crippen molar-refractivity contribution in [3.05, 3.63) is 59.7 Å². The standard InChI is InChI=1S/C27H33FN4O2/c1-30-14-6-5-8-24(30)27(33)31-15-12-21(13-16-31)32-23-11-10-20(28)18-22(23)29-26(32)17-19-7-3-4-9-25(19)34-2/h3-4,7,9-11,18,21,24H,5-6,8,12-17H2,1-2H3. The Morgan fingerprint density at radius 3 is 2.65 bits per heavy atom. The van der Waals surface area contributed by atoms with Crippen molar-refractivity contribution in [3.63, 3.8) is 0 Å². The summed E-state index contributed by atoms with van der Waals surface area (Å²) in [5.41, 5.74) is 2.67. The van der Waals surface area contributed by atoms with Crippen LogP contribution in [0.25, 0.3) is 11.0 Å². The number of halogens is 1. The summed E-state index contributed by atoms with van der Waals surface area (Å²) in [5.74, 6) is 1.72. The van der Waals surface area contributed by atoms with Gasteiger partial charge in [-0.05, 0) is 57.5 Å². The van der Waals surface area contributed by atoms with Gasteiger partial charge in [0.2, 0.25) is 5.91 Å². The first-order valence-electron chi connectivity index (χ1n) is 12.3. The normalized spacial score (nSPS) is 20.1. The van der Waals surface area contributed by atoms with Crippen LogP contribution in [0.4, 0.5) is 4.39 Å². The molecule has 5 rings (SSSR count). The van der Waals surface area contributed by atoms with Crippen LogP contribution in [-0.2, 0) is 11.2 Å². The number of rotatable bonds is 5. The third-order valence-corrected chi connectivity index (χ3v) is 7.46. The minimum absolute atomic E-state index is 0.0171. The SMILES string of the molecule is COc1ccccc1Cc1nc2cc(F)ccc2n1C1CCN(C(=O)C2CCCCN2C)CC1. The smallest absolute Gasteiger partial charge is 0.239 e. The number of aromatic nitrogens is 2. The lowest BCUT2D eigenvalue weighted by Crippen LogP contribution is -2.51. The van der Waals surface area contributed by atoms with E-state index in [1.54, 1.807) is 7.11 Å². The average Bonchev–Trinajstić information content (AvgIpc) is 3.21. The molecule has 3 aromatic rings. The van der Waals surface area contributed by atoms with E-state index in [0.29, 0.717) is 11.9 Å². The number of methoxy groups -OCH3 is 1. The van der Waals surface area contributed by atoms with E-state index in [2.05, 4.69) is 16.5 Å². The molecule has 0 radical (unpaired) electrons. The lowest BCUT2D eigenvalue weighted by Gasteiger charge is -2.39. The molecule has 0 bridgehead atoms. The Bertz CT molecular complexity index is 1170. The molecule has 2 aromatic carbocycles. The third-order valence-electron chi connectivity index (χ3n) is 7.46. The molecular formula is C27H33FN4O2. The van der Waals surface area contributed by atoms with E-state index in [0.717, 1.165) is 68.0 Å². The fourth-order valence-electron chi connectivity index (χ4n) is 5.62. The summed E-state index contributed by atoms with van der Waals surface area (Å²) in [5, 5.41) is 0. The van der Waals surface area contributed by atoms with Crippen molar-refractivity contribution in [2.45, 2.75) is 50.6 Å². The summed E-state index contributed by atoms with van der Waals surface area (Å²) in [6.07, 6.45) is 5.59. The van der Waals surface area contributed by atoms with E-state index in [-0.39, 0.29) is 23.8 Å². The van der Waals surface area contributed by atoms with Crippen molar-refractivity contribution >= 4 is 16.9 Å². The van der Waals surface area contributed by atoms with Gasteiger partial charge in [0, 0.05) is 37.2 Å². The van der Waals surface area contributed by atoms with Crippen LogP contribution in [0.2, 0.25) is 0 Å². The molecule has 0 aliphatic carbocycles. The molecule has 6 nitrogen and oxygen atoms in total. The van der Waals surface area contributed by atoms with Gasteiger partial charge in [-0.15, -0.1) is 0 Å².